The number of nitrogens with zero attached hydrogens (tertiary/aromatic N) is 3. The monoisotopic (exact) mass is 292 g/mol. The number of ether oxygens (including phenoxy) is 1. The minimum atomic E-state index is 0.0325. The minimum Gasteiger partial charge on any atom is -0.379 e. The number of likely N-dealkylation sites (N-methyl/N-ethyl adjacent to an activating group) is 1. The summed E-state index contributed by atoms with van der Waals surface area (Å²) in [6.07, 6.45) is 1.73. The number of carbonyl (C=O) groups excluding carboxylic acids is 1. The Kier molecular flexibility index (Phi) is 6.59. The van der Waals surface area contributed by atoms with Crippen LogP contribution in [0.25, 0.3) is 0 Å². The van der Waals surface area contributed by atoms with Gasteiger partial charge in [-0.3, -0.25) is 19.6 Å². The second-order valence-electron chi connectivity index (χ2n) is 5.29. The molecule has 21 heavy (non-hydrogen) atoms. The molecule has 2 rings (SSSR count). The molecule has 1 saturated heterocycles. The predicted octanol–water partition coefficient (Wildman–Crippen LogP) is -0.0382. The molecule has 0 spiro atoms. The van der Waals surface area contributed by atoms with E-state index in [1.807, 2.05) is 30.1 Å². The highest BCUT2D eigenvalue weighted by atomic mass is 16.5. The number of hydrogen-bond acceptors (Lipinski definition) is 5. The van der Waals surface area contributed by atoms with E-state index in [4.69, 9.17) is 4.74 Å². The molecule has 0 radical (unpaired) electrons. The number of morpholine rings is 1. The number of pyridine rings is 1. The van der Waals surface area contributed by atoms with Gasteiger partial charge in [0, 0.05) is 32.4 Å². The van der Waals surface area contributed by atoms with Gasteiger partial charge in [0.25, 0.3) is 0 Å². The van der Waals surface area contributed by atoms with Crippen LogP contribution in [0.2, 0.25) is 0 Å². The molecule has 1 aliphatic heterocycles. The van der Waals surface area contributed by atoms with Crippen LogP contribution < -0.4 is 5.32 Å². The van der Waals surface area contributed by atoms with E-state index in [9.17, 15) is 4.79 Å². The summed E-state index contributed by atoms with van der Waals surface area (Å²) in [6.45, 7) is 6.36. The van der Waals surface area contributed by atoms with Gasteiger partial charge in [-0.05, 0) is 19.2 Å². The summed E-state index contributed by atoms with van der Waals surface area (Å²) in [5.74, 6) is 0.0325. The molecule has 1 aliphatic rings. The number of aromatic nitrogens is 1. The zero-order valence-corrected chi connectivity index (χ0v) is 12.6. The maximum atomic E-state index is 11.9. The van der Waals surface area contributed by atoms with E-state index in [0.717, 1.165) is 45.1 Å². The lowest BCUT2D eigenvalue weighted by Crippen LogP contribution is -2.42. The molecular weight excluding hydrogens is 268 g/mol. The fraction of sp³-hybridized carbons (Fsp3) is 0.600. The van der Waals surface area contributed by atoms with Crippen molar-refractivity contribution in [1.82, 2.24) is 20.1 Å². The first-order chi connectivity index (χ1) is 10.2. The molecule has 1 aromatic rings. The molecule has 0 bridgehead atoms. The van der Waals surface area contributed by atoms with Gasteiger partial charge in [-0.1, -0.05) is 6.07 Å². The highest BCUT2D eigenvalue weighted by Gasteiger charge is 2.12. The molecule has 1 amide bonds. The van der Waals surface area contributed by atoms with Crippen molar-refractivity contribution in [2.24, 2.45) is 0 Å². The number of carbonyl (C=O) groups is 1. The number of nitrogens with one attached hydrogen (secondary N) is 1. The van der Waals surface area contributed by atoms with E-state index in [0.29, 0.717) is 13.1 Å². The van der Waals surface area contributed by atoms with Crippen molar-refractivity contribution in [3.63, 3.8) is 0 Å². The average Bonchev–Trinajstić information content (AvgIpc) is 2.53. The van der Waals surface area contributed by atoms with Crippen molar-refractivity contribution in [3.05, 3.63) is 30.1 Å². The van der Waals surface area contributed by atoms with E-state index in [1.165, 1.54) is 0 Å². The molecule has 1 fully saturated rings. The molecule has 0 unspecified atom stereocenters. The van der Waals surface area contributed by atoms with Gasteiger partial charge in [0.2, 0.25) is 5.91 Å². The fourth-order valence-electron chi connectivity index (χ4n) is 2.21. The van der Waals surface area contributed by atoms with Crippen LogP contribution in [0.15, 0.2) is 24.4 Å². The molecule has 6 heteroatoms. The Labute approximate surface area is 126 Å². The van der Waals surface area contributed by atoms with Gasteiger partial charge >= 0.3 is 0 Å². The zero-order valence-electron chi connectivity index (χ0n) is 12.6. The van der Waals surface area contributed by atoms with Gasteiger partial charge in [-0.15, -0.1) is 0 Å². The summed E-state index contributed by atoms with van der Waals surface area (Å²) in [4.78, 5) is 20.5. The lowest BCUT2D eigenvalue weighted by Gasteiger charge is -2.28. The van der Waals surface area contributed by atoms with E-state index < -0.39 is 0 Å². The summed E-state index contributed by atoms with van der Waals surface area (Å²) in [6, 6.07) is 5.69. The zero-order chi connectivity index (χ0) is 14.9. The van der Waals surface area contributed by atoms with Gasteiger partial charge in [-0.25, -0.2) is 0 Å². The maximum absolute atomic E-state index is 11.9. The molecule has 116 valence electrons. The van der Waals surface area contributed by atoms with Gasteiger partial charge in [-0.2, -0.15) is 0 Å². The first-order valence-corrected chi connectivity index (χ1v) is 7.39. The van der Waals surface area contributed by atoms with Crippen LogP contribution in [0.5, 0.6) is 0 Å². The molecular formula is C15H24N4O2. The van der Waals surface area contributed by atoms with Gasteiger partial charge in [0.15, 0.2) is 0 Å². The first-order valence-electron chi connectivity index (χ1n) is 7.39. The first kappa shape index (κ1) is 15.9. The summed E-state index contributed by atoms with van der Waals surface area (Å²) >= 11 is 0. The van der Waals surface area contributed by atoms with Crippen LogP contribution in [0, 0.1) is 0 Å². The van der Waals surface area contributed by atoms with E-state index in [1.54, 1.807) is 6.20 Å². The SMILES string of the molecule is CN(CCN1CCOCC1)CC(=O)NCc1ccccn1. The second kappa shape index (κ2) is 8.71. The van der Waals surface area contributed by atoms with Crippen LogP contribution in [0.1, 0.15) is 5.69 Å². The van der Waals surface area contributed by atoms with E-state index in [2.05, 4.69) is 15.2 Å². The lowest BCUT2D eigenvalue weighted by atomic mass is 10.3. The molecule has 0 saturated carbocycles. The van der Waals surface area contributed by atoms with Gasteiger partial charge in [0.05, 0.1) is 32.0 Å². The topological polar surface area (TPSA) is 57.7 Å². The third-order valence-corrected chi connectivity index (χ3v) is 3.51. The highest BCUT2D eigenvalue weighted by molar-refractivity contribution is 5.77. The van der Waals surface area contributed by atoms with Crippen molar-refractivity contribution >= 4 is 5.91 Å². The number of hydrogen-bond donors (Lipinski definition) is 1. The molecule has 0 atom stereocenters. The normalized spacial score (nSPS) is 16.1. The molecule has 1 aromatic heterocycles. The summed E-state index contributed by atoms with van der Waals surface area (Å²) in [7, 11) is 1.97. The Bertz CT molecular complexity index is 421. The summed E-state index contributed by atoms with van der Waals surface area (Å²) in [5, 5.41) is 2.89. The minimum absolute atomic E-state index is 0.0325. The Balaban J connectivity index is 1.60. The number of amides is 1. The van der Waals surface area contributed by atoms with Gasteiger partial charge in [0.1, 0.15) is 0 Å². The van der Waals surface area contributed by atoms with Crippen LogP contribution in [0.4, 0.5) is 0 Å². The van der Waals surface area contributed by atoms with Crippen molar-refractivity contribution in [1.29, 1.82) is 0 Å². The summed E-state index contributed by atoms with van der Waals surface area (Å²) in [5.41, 5.74) is 0.877. The van der Waals surface area contributed by atoms with Crippen molar-refractivity contribution in [2.45, 2.75) is 6.54 Å². The standard InChI is InChI=1S/C15H24N4O2/c1-18(6-7-19-8-10-21-11-9-19)13-15(20)17-12-14-4-2-3-5-16-14/h2-5H,6-13H2,1H3,(H,17,20). The quantitative estimate of drug-likeness (QED) is 0.764. The molecule has 6 nitrogen and oxygen atoms in total. The Morgan fingerprint density at radius 1 is 1.43 bits per heavy atom. The Morgan fingerprint density at radius 2 is 2.24 bits per heavy atom. The summed E-state index contributed by atoms with van der Waals surface area (Å²) < 4.78 is 5.32. The van der Waals surface area contributed by atoms with Crippen LogP contribution in [-0.4, -0.2) is 73.7 Å². The average molecular weight is 292 g/mol. The lowest BCUT2D eigenvalue weighted by molar-refractivity contribution is -0.122. The van der Waals surface area contributed by atoms with Crippen LogP contribution >= 0.6 is 0 Å². The van der Waals surface area contributed by atoms with Crippen LogP contribution in [0.3, 0.4) is 0 Å². The number of rotatable bonds is 7. The highest BCUT2D eigenvalue weighted by Crippen LogP contribution is 1.97. The van der Waals surface area contributed by atoms with E-state index >= 15 is 0 Å². The van der Waals surface area contributed by atoms with Crippen LogP contribution in [-0.2, 0) is 16.1 Å². The van der Waals surface area contributed by atoms with E-state index in [-0.39, 0.29) is 5.91 Å². The molecule has 1 N–H and O–H groups in total. The van der Waals surface area contributed by atoms with Crippen molar-refractivity contribution in [3.8, 4) is 0 Å². The van der Waals surface area contributed by atoms with Gasteiger partial charge < -0.3 is 10.1 Å². The third-order valence-electron chi connectivity index (χ3n) is 3.51. The predicted molar refractivity (Wildman–Crippen MR) is 80.8 cm³/mol. The smallest absolute Gasteiger partial charge is 0.234 e. The second-order valence-corrected chi connectivity index (χ2v) is 5.29. The molecule has 0 aliphatic carbocycles. The largest absolute Gasteiger partial charge is 0.379 e. The Hall–Kier alpha value is -1.50. The molecule has 0 aromatic carbocycles. The third kappa shape index (κ3) is 6.20. The van der Waals surface area contributed by atoms with Crippen molar-refractivity contribution < 1.29 is 9.53 Å². The molecule has 2 heterocycles. The maximum Gasteiger partial charge on any atom is 0.234 e. The van der Waals surface area contributed by atoms with Crippen molar-refractivity contribution in [2.75, 3.05) is 53.0 Å². The fourth-order valence-corrected chi connectivity index (χ4v) is 2.21. The Morgan fingerprint density at radius 3 is 2.95 bits per heavy atom.